The van der Waals surface area contributed by atoms with Gasteiger partial charge in [0.25, 0.3) is 5.56 Å². The zero-order valence-electron chi connectivity index (χ0n) is 9.95. The van der Waals surface area contributed by atoms with Crippen molar-refractivity contribution in [1.29, 1.82) is 0 Å². The van der Waals surface area contributed by atoms with E-state index in [2.05, 4.69) is 6.92 Å². The molecular weight excluding hydrogens is 234 g/mol. The molecule has 0 bridgehead atoms. The maximum atomic E-state index is 11.9. The topological polar surface area (TPSA) is 22.0 Å². The smallest absolute Gasteiger partial charge is 0.251 e. The van der Waals surface area contributed by atoms with Crippen molar-refractivity contribution in [3.8, 4) is 0 Å². The van der Waals surface area contributed by atoms with Crippen molar-refractivity contribution >= 4 is 22.5 Å². The van der Waals surface area contributed by atoms with Crippen molar-refractivity contribution in [2.45, 2.75) is 32.7 Å². The van der Waals surface area contributed by atoms with Gasteiger partial charge in [0.1, 0.15) is 0 Å². The van der Waals surface area contributed by atoms with E-state index < -0.39 is 0 Å². The van der Waals surface area contributed by atoms with Gasteiger partial charge in [-0.05, 0) is 24.6 Å². The fourth-order valence-corrected chi connectivity index (χ4v) is 2.27. The summed E-state index contributed by atoms with van der Waals surface area (Å²) in [5.74, 6) is 0. The number of rotatable bonds is 4. The Morgan fingerprint density at radius 3 is 2.76 bits per heavy atom. The summed E-state index contributed by atoms with van der Waals surface area (Å²) in [6.45, 7) is 2.92. The van der Waals surface area contributed by atoms with E-state index in [1.54, 1.807) is 12.1 Å². The third-order valence-corrected chi connectivity index (χ3v) is 3.29. The Morgan fingerprint density at radius 2 is 2.00 bits per heavy atom. The predicted molar refractivity (Wildman–Crippen MR) is 72.7 cm³/mol. The SMILES string of the molecule is CCCCCn1c(=O)ccc2c(Cl)cccc21. The lowest BCUT2D eigenvalue weighted by Gasteiger charge is -2.10. The molecule has 1 heterocycles. The number of fused-ring (bicyclic) bond motifs is 1. The Balaban J connectivity index is 2.48. The van der Waals surface area contributed by atoms with E-state index in [0.717, 1.165) is 36.7 Å². The summed E-state index contributed by atoms with van der Waals surface area (Å²) >= 11 is 6.13. The minimum Gasteiger partial charge on any atom is -0.308 e. The fraction of sp³-hybridized carbons (Fsp3) is 0.357. The summed E-state index contributed by atoms with van der Waals surface area (Å²) in [6.07, 6.45) is 3.33. The summed E-state index contributed by atoms with van der Waals surface area (Å²) in [7, 11) is 0. The van der Waals surface area contributed by atoms with Gasteiger partial charge >= 0.3 is 0 Å². The van der Waals surface area contributed by atoms with Crippen LogP contribution in [0.4, 0.5) is 0 Å². The van der Waals surface area contributed by atoms with Crippen LogP contribution in [0.25, 0.3) is 10.9 Å². The molecular formula is C14H16ClNO. The van der Waals surface area contributed by atoms with Gasteiger partial charge < -0.3 is 4.57 Å². The monoisotopic (exact) mass is 249 g/mol. The lowest BCUT2D eigenvalue weighted by molar-refractivity contribution is 0.602. The Labute approximate surface area is 106 Å². The highest BCUT2D eigenvalue weighted by molar-refractivity contribution is 6.35. The molecule has 2 aromatic rings. The van der Waals surface area contributed by atoms with Crippen LogP contribution in [0, 0.1) is 0 Å². The standard InChI is InChI=1S/C14H16ClNO/c1-2-3-4-10-16-13-7-5-6-12(15)11(13)8-9-14(16)17/h5-9H,2-4,10H2,1H3. The summed E-state index contributed by atoms with van der Waals surface area (Å²) in [4.78, 5) is 11.9. The molecule has 90 valence electrons. The Kier molecular flexibility index (Phi) is 3.85. The van der Waals surface area contributed by atoms with E-state index in [-0.39, 0.29) is 5.56 Å². The maximum absolute atomic E-state index is 11.9. The van der Waals surface area contributed by atoms with Gasteiger partial charge in [-0.3, -0.25) is 4.79 Å². The first-order valence-corrected chi connectivity index (χ1v) is 6.40. The normalized spacial score (nSPS) is 10.9. The Bertz CT molecular complexity index is 574. The van der Waals surface area contributed by atoms with Gasteiger partial charge in [-0.15, -0.1) is 0 Å². The average Bonchev–Trinajstić information content (AvgIpc) is 2.32. The molecule has 0 N–H and O–H groups in total. The van der Waals surface area contributed by atoms with Gasteiger partial charge in [0.2, 0.25) is 0 Å². The molecule has 2 nitrogen and oxygen atoms in total. The quantitative estimate of drug-likeness (QED) is 0.755. The third-order valence-electron chi connectivity index (χ3n) is 2.96. The zero-order valence-corrected chi connectivity index (χ0v) is 10.7. The second kappa shape index (κ2) is 5.37. The molecule has 0 spiro atoms. The molecule has 0 saturated carbocycles. The molecule has 1 aromatic carbocycles. The maximum Gasteiger partial charge on any atom is 0.251 e. The highest BCUT2D eigenvalue weighted by Gasteiger charge is 2.04. The van der Waals surface area contributed by atoms with Crippen LogP contribution in [-0.2, 0) is 6.54 Å². The minimum atomic E-state index is 0.0517. The second-order valence-corrected chi connectivity index (χ2v) is 4.61. The molecule has 17 heavy (non-hydrogen) atoms. The van der Waals surface area contributed by atoms with Crippen molar-refractivity contribution in [2.24, 2.45) is 0 Å². The third kappa shape index (κ3) is 2.52. The summed E-state index contributed by atoms with van der Waals surface area (Å²) < 4.78 is 1.82. The molecule has 0 aliphatic heterocycles. The average molecular weight is 250 g/mol. The number of pyridine rings is 1. The predicted octanol–water partition coefficient (Wildman–Crippen LogP) is 3.85. The number of aromatic nitrogens is 1. The molecule has 0 aliphatic rings. The van der Waals surface area contributed by atoms with Gasteiger partial charge in [-0.2, -0.15) is 0 Å². The highest BCUT2D eigenvalue weighted by atomic mass is 35.5. The van der Waals surface area contributed by atoms with Crippen LogP contribution in [0.3, 0.4) is 0 Å². The van der Waals surface area contributed by atoms with Crippen LogP contribution in [0.1, 0.15) is 26.2 Å². The first-order valence-electron chi connectivity index (χ1n) is 6.02. The summed E-state index contributed by atoms with van der Waals surface area (Å²) in [5, 5.41) is 1.65. The van der Waals surface area contributed by atoms with Crippen molar-refractivity contribution in [3.63, 3.8) is 0 Å². The number of nitrogens with zero attached hydrogens (tertiary/aromatic N) is 1. The van der Waals surface area contributed by atoms with Crippen molar-refractivity contribution in [2.75, 3.05) is 0 Å². The van der Waals surface area contributed by atoms with E-state index in [1.807, 2.05) is 22.8 Å². The van der Waals surface area contributed by atoms with Crippen molar-refractivity contribution in [1.82, 2.24) is 4.57 Å². The molecule has 2 rings (SSSR count). The van der Waals surface area contributed by atoms with Gasteiger partial charge in [0, 0.05) is 23.0 Å². The largest absolute Gasteiger partial charge is 0.308 e. The Hall–Kier alpha value is -1.28. The van der Waals surface area contributed by atoms with Gasteiger partial charge in [0.05, 0.1) is 5.52 Å². The Morgan fingerprint density at radius 1 is 1.18 bits per heavy atom. The molecule has 0 aliphatic carbocycles. The van der Waals surface area contributed by atoms with E-state index in [9.17, 15) is 4.79 Å². The minimum absolute atomic E-state index is 0.0517. The number of benzene rings is 1. The molecule has 0 radical (unpaired) electrons. The first-order chi connectivity index (χ1) is 8.24. The highest BCUT2D eigenvalue weighted by Crippen LogP contribution is 2.21. The summed E-state index contributed by atoms with van der Waals surface area (Å²) in [5.41, 5.74) is 0.983. The van der Waals surface area contributed by atoms with Gasteiger partial charge in [-0.1, -0.05) is 37.4 Å². The molecule has 3 heteroatoms. The van der Waals surface area contributed by atoms with Gasteiger partial charge in [-0.25, -0.2) is 0 Å². The number of unbranched alkanes of at least 4 members (excludes halogenated alkanes) is 2. The molecule has 0 atom stereocenters. The van der Waals surface area contributed by atoms with Crippen LogP contribution in [0.5, 0.6) is 0 Å². The molecule has 0 fully saturated rings. The summed E-state index contributed by atoms with van der Waals surface area (Å²) in [6, 6.07) is 9.09. The van der Waals surface area contributed by atoms with Crippen LogP contribution < -0.4 is 5.56 Å². The van der Waals surface area contributed by atoms with E-state index in [4.69, 9.17) is 11.6 Å². The van der Waals surface area contributed by atoms with Crippen LogP contribution in [0.15, 0.2) is 35.1 Å². The number of halogens is 1. The molecule has 0 unspecified atom stereocenters. The number of aryl methyl sites for hydroxylation is 1. The molecule has 1 aromatic heterocycles. The second-order valence-electron chi connectivity index (χ2n) is 4.20. The van der Waals surface area contributed by atoms with E-state index in [0.29, 0.717) is 5.02 Å². The van der Waals surface area contributed by atoms with Crippen LogP contribution in [0.2, 0.25) is 5.02 Å². The van der Waals surface area contributed by atoms with Crippen molar-refractivity contribution < 1.29 is 0 Å². The van der Waals surface area contributed by atoms with Gasteiger partial charge in [0.15, 0.2) is 0 Å². The number of hydrogen-bond donors (Lipinski definition) is 0. The molecule has 0 amide bonds. The lowest BCUT2D eigenvalue weighted by atomic mass is 10.2. The fourth-order valence-electron chi connectivity index (χ4n) is 2.04. The zero-order chi connectivity index (χ0) is 12.3. The molecule has 0 saturated heterocycles. The van der Waals surface area contributed by atoms with Crippen LogP contribution >= 0.6 is 11.6 Å². The van der Waals surface area contributed by atoms with Crippen molar-refractivity contribution in [3.05, 3.63) is 45.7 Å². The van der Waals surface area contributed by atoms with E-state index >= 15 is 0 Å². The van der Waals surface area contributed by atoms with Crippen LogP contribution in [-0.4, -0.2) is 4.57 Å². The lowest BCUT2D eigenvalue weighted by Crippen LogP contribution is -2.19. The number of hydrogen-bond acceptors (Lipinski definition) is 1. The van der Waals surface area contributed by atoms with E-state index in [1.165, 1.54) is 0 Å². The first kappa shape index (κ1) is 12.2.